The van der Waals surface area contributed by atoms with Gasteiger partial charge in [0, 0.05) is 17.8 Å². The van der Waals surface area contributed by atoms with Crippen LogP contribution in [0, 0.1) is 0 Å². The minimum Gasteiger partial charge on any atom is -0.487 e. The van der Waals surface area contributed by atoms with Gasteiger partial charge in [-0.05, 0) is 46.8 Å². The predicted molar refractivity (Wildman–Crippen MR) is 123 cm³/mol. The van der Waals surface area contributed by atoms with Gasteiger partial charge in [0.05, 0.1) is 24.6 Å². The van der Waals surface area contributed by atoms with E-state index in [1.165, 1.54) is 7.11 Å². The minimum atomic E-state index is -0.377. The molecule has 1 heterocycles. The first-order valence-corrected chi connectivity index (χ1v) is 9.82. The minimum absolute atomic E-state index is 0.307. The molecule has 0 fully saturated rings. The molecule has 3 N–H and O–H groups in total. The third-order valence-corrected chi connectivity index (χ3v) is 4.80. The Labute approximate surface area is 184 Å². The lowest BCUT2D eigenvalue weighted by atomic mass is 10.0. The normalized spacial score (nSPS) is 10.9. The highest BCUT2D eigenvalue weighted by atomic mass is 16.5. The fourth-order valence-corrected chi connectivity index (χ4v) is 3.22. The molecule has 3 aromatic carbocycles. The van der Waals surface area contributed by atoms with Crippen LogP contribution in [0.3, 0.4) is 0 Å². The van der Waals surface area contributed by atoms with Crippen LogP contribution in [0.25, 0.3) is 10.8 Å². The monoisotopic (exact) mass is 427 g/mol. The summed E-state index contributed by atoms with van der Waals surface area (Å²) < 4.78 is 10.9. The van der Waals surface area contributed by atoms with Crippen LogP contribution in [0.5, 0.6) is 5.75 Å². The summed E-state index contributed by atoms with van der Waals surface area (Å²) in [7, 11) is 1.36. The number of carbonyl (C=O) groups is 1. The highest BCUT2D eigenvalue weighted by molar-refractivity contribution is 6.01. The molecule has 8 nitrogen and oxygen atoms in total. The molecule has 0 aliphatic carbocycles. The van der Waals surface area contributed by atoms with Crippen molar-refractivity contribution in [3.8, 4) is 5.75 Å². The Hall–Kier alpha value is -4.46. The molecule has 0 atom stereocenters. The number of hydrazone groups is 1. The molecular weight excluding hydrogens is 406 g/mol. The fraction of sp³-hybridized carbons (Fsp3) is 0.0833. The van der Waals surface area contributed by atoms with E-state index in [9.17, 15) is 4.79 Å². The van der Waals surface area contributed by atoms with Gasteiger partial charge in [-0.1, -0.05) is 30.3 Å². The van der Waals surface area contributed by atoms with E-state index >= 15 is 0 Å². The quantitative estimate of drug-likeness (QED) is 0.198. The molecule has 4 rings (SSSR count). The predicted octanol–water partition coefficient (Wildman–Crippen LogP) is 4.03. The van der Waals surface area contributed by atoms with E-state index in [1.54, 1.807) is 36.8 Å². The molecule has 0 radical (unpaired) electrons. The number of rotatable bonds is 7. The lowest BCUT2D eigenvalue weighted by molar-refractivity contribution is 0.0600. The van der Waals surface area contributed by atoms with Gasteiger partial charge in [0.25, 0.3) is 0 Å². The summed E-state index contributed by atoms with van der Waals surface area (Å²) in [4.78, 5) is 20.2. The number of nitrogens with zero attached hydrogens (tertiary/aromatic N) is 3. The standard InChI is InChI=1S/C24H21N5O3/c1-31-23(30)19-7-3-16(4-8-19)15-32-21-10-9-18-6-5-17(14-28-25)13-20(18)22(21)29-24-26-11-2-12-27-24/h2-14H,15,25H2,1H3,(H,26,27,29). The average molecular weight is 427 g/mol. The molecule has 0 saturated heterocycles. The van der Waals surface area contributed by atoms with Crippen molar-refractivity contribution in [3.63, 3.8) is 0 Å². The van der Waals surface area contributed by atoms with E-state index in [0.29, 0.717) is 23.9 Å². The van der Waals surface area contributed by atoms with Gasteiger partial charge >= 0.3 is 5.97 Å². The van der Waals surface area contributed by atoms with Gasteiger partial charge in [0.15, 0.2) is 0 Å². The maximum Gasteiger partial charge on any atom is 0.337 e. The number of esters is 1. The number of carbonyl (C=O) groups excluding carboxylic acids is 1. The summed E-state index contributed by atoms with van der Waals surface area (Å²) in [5.74, 6) is 6.03. The van der Waals surface area contributed by atoms with Crippen LogP contribution in [-0.4, -0.2) is 29.3 Å². The van der Waals surface area contributed by atoms with E-state index in [2.05, 4.69) is 20.4 Å². The molecule has 0 spiro atoms. The van der Waals surface area contributed by atoms with Crippen molar-refractivity contribution in [1.29, 1.82) is 0 Å². The second-order valence-electron chi connectivity index (χ2n) is 6.87. The van der Waals surface area contributed by atoms with Gasteiger partial charge < -0.3 is 20.6 Å². The number of benzene rings is 3. The third-order valence-electron chi connectivity index (χ3n) is 4.80. The van der Waals surface area contributed by atoms with Crippen molar-refractivity contribution in [2.45, 2.75) is 6.61 Å². The SMILES string of the molecule is COC(=O)c1ccc(COc2ccc3ccc(C=NN)cc3c2Nc2ncccn2)cc1. The molecular formula is C24H21N5O3. The topological polar surface area (TPSA) is 112 Å². The van der Waals surface area contributed by atoms with Gasteiger partial charge in [-0.15, -0.1) is 0 Å². The number of hydrogen-bond donors (Lipinski definition) is 2. The Bertz CT molecular complexity index is 1260. The van der Waals surface area contributed by atoms with Crippen LogP contribution in [0.2, 0.25) is 0 Å². The highest BCUT2D eigenvalue weighted by Gasteiger charge is 2.12. The number of methoxy groups -OCH3 is 1. The zero-order chi connectivity index (χ0) is 22.3. The first-order chi connectivity index (χ1) is 15.7. The fourth-order valence-electron chi connectivity index (χ4n) is 3.22. The molecule has 160 valence electrons. The van der Waals surface area contributed by atoms with Crippen molar-refractivity contribution < 1.29 is 14.3 Å². The maximum atomic E-state index is 11.6. The van der Waals surface area contributed by atoms with Crippen LogP contribution in [0.1, 0.15) is 21.5 Å². The second-order valence-corrected chi connectivity index (χ2v) is 6.87. The molecule has 0 aliphatic rings. The Morgan fingerprint density at radius 3 is 2.56 bits per heavy atom. The van der Waals surface area contributed by atoms with Crippen LogP contribution in [-0.2, 0) is 11.3 Å². The molecule has 8 heteroatoms. The largest absolute Gasteiger partial charge is 0.487 e. The second kappa shape index (κ2) is 9.57. The molecule has 4 aromatic rings. The summed E-state index contributed by atoms with van der Waals surface area (Å²) in [6.07, 6.45) is 4.91. The van der Waals surface area contributed by atoms with Crippen LogP contribution in [0.4, 0.5) is 11.6 Å². The van der Waals surface area contributed by atoms with Crippen molar-refractivity contribution >= 4 is 34.6 Å². The van der Waals surface area contributed by atoms with Gasteiger partial charge in [0.2, 0.25) is 5.95 Å². The smallest absolute Gasteiger partial charge is 0.337 e. The van der Waals surface area contributed by atoms with Gasteiger partial charge in [-0.2, -0.15) is 5.10 Å². The van der Waals surface area contributed by atoms with Gasteiger partial charge in [-0.3, -0.25) is 0 Å². The maximum absolute atomic E-state index is 11.6. The number of nitrogens with one attached hydrogen (secondary N) is 1. The molecule has 0 aliphatic heterocycles. The molecule has 32 heavy (non-hydrogen) atoms. The zero-order valence-electron chi connectivity index (χ0n) is 17.4. The molecule has 0 saturated carbocycles. The van der Waals surface area contributed by atoms with E-state index in [4.69, 9.17) is 15.3 Å². The number of anilines is 2. The average Bonchev–Trinajstić information content (AvgIpc) is 2.84. The molecule has 0 unspecified atom stereocenters. The summed E-state index contributed by atoms with van der Waals surface area (Å²) in [5, 5.41) is 8.80. The molecule has 0 bridgehead atoms. The summed E-state index contributed by atoms with van der Waals surface area (Å²) >= 11 is 0. The summed E-state index contributed by atoms with van der Waals surface area (Å²) in [6, 6.07) is 18.6. The highest BCUT2D eigenvalue weighted by Crippen LogP contribution is 2.36. The van der Waals surface area contributed by atoms with Crippen molar-refractivity contribution in [1.82, 2.24) is 9.97 Å². The Kier molecular flexibility index (Phi) is 6.22. The van der Waals surface area contributed by atoms with Crippen molar-refractivity contribution in [3.05, 3.63) is 89.7 Å². The number of aromatic nitrogens is 2. The van der Waals surface area contributed by atoms with E-state index in [0.717, 1.165) is 27.6 Å². The summed E-state index contributed by atoms with van der Waals surface area (Å²) in [5.41, 5.74) is 2.98. The Balaban J connectivity index is 1.67. The van der Waals surface area contributed by atoms with E-state index in [-0.39, 0.29) is 5.97 Å². The zero-order valence-corrected chi connectivity index (χ0v) is 17.4. The Morgan fingerprint density at radius 1 is 1.09 bits per heavy atom. The van der Waals surface area contributed by atoms with Crippen LogP contribution < -0.4 is 15.9 Å². The molecule has 0 amide bonds. The van der Waals surface area contributed by atoms with Gasteiger partial charge in [0.1, 0.15) is 12.4 Å². The third kappa shape index (κ3) is 4.65. The van der Waals surface area contributed by atoms with E-state index in [1.807, 2.05) is 42.5 Å². The van der Waals surface area contributed by atoms with E-state index < -0.39 is 0 Å². The Morgan fingerprint density at radius 2 is 1.84 bits per heavy atom. The lowest BCUT2D eigenvalue weighted by Crippen LogP contribution is -2.04. The first kappa shape index (κ1) is 20.8. The lowest BCUT2D eigenvalue weighted by Gasteiger charge is -2.16. The van der Waals surface area contributed by atoms with Crippen molar-refractivity contribution in [2.24, 2.45) is 10.9 Å². The van der Waals surface area contributed by atoms with Crippen LogP contribution in [0.15, 0.2) is 78.2 Å². The van der Waals surface area contributed by atoms with Crippen molar-refractivity contribution in [2.75, 3.05) is 12.4 Å². The summed E-state index contributed by atoms with van der Waals surface area (Å²) in [6.45, 7) is 0.307. The van der Waals surface area contributed by atoms with Crippen LogP contribution >= 0.6 is 0 Å². The number of fused-ring (bicyclic) bond motifs is 1. The first-order valence-electron chi connectivity index (χ1n) is 9.82. The molecule has 1 aromatic heterocycles. The number of nitrogens with two attached hydrogens (primary N) is 1. The number of ether oxygens (including phenoxy) is 2. The number of hydrogen-bond acceptors (Lipinski definition) is 8. The van der Waals surface area contributed by atoms with Gasteiger partial charge in [-0.25, -0.2) is 14.8 Å².